The summed E-state index contributed by atoms with van der Waals surface area (Å²) in [6.45, 7) is -2.64. The smallest absolute Gasteiger partial charge is 0.345 e. The summed E-state index contributed by atoms with van der Waals surface area (Å²) >= 11 is 6.13. The normalized spacial score (nSPS) is 23.8. The Balaban J connectivity index is 1.19. The number of anilines is 1. The van der Waals surface area contributed by atoms with Crippen LogP contribution in [0.5, 0.6) is 0 Å². The fourth-order valence-corrected chi connectivity index (χ4v) is 5.92. The number of hydrogen-bond acceptors (Lipinski definition) is 5. The average molecular weight is 572 g/mol. The van der Waals surface area contributed by atoms with E-state index in [1.807, 2.05) is 0 Å². The number of aromatic amines is 1. The lowest BCUT2D eigenvalue weighted by molar-refractivity contribution is -0.189. The van der Waals surface area contributed by atoms with E-state index in [-0.39, 0.29) is 47.1 Å². The number of nitrogens with zero attached hydrogens (tertiary/aromatic N) is 3. The first-order valence-corrected chi connectivity index (χ1v) is 13.0. The van der Waals surface area contributed by atoms with Crippen LogP contribution in [0.3, 0.4) is 0 Å². The quantitative estimate of drug-likeness (QED) is 0.404. The van der Waals surface area contributed by atoms with E-state index in [0.29, 0.717) is 45.1 Å². The van der Waals surface area contributed by atoms with Gasteiger partial charge in [-0.3, -0.25) is 14.4 Å². The van der Waals surface area contributed by atoms with Crippen molar-refractivity contribution >= 4 is 35.0 Å². The van der Waals surface area contributed by atoms with Gasteiger partial charge in [0, 0.05) is 37.2 Å². The first kappa shape index (κ1) is 27.4. The number of carbonyl (C=O) groups excluding carboxylic acids is 3. The maximum absolute atomic E-state index is 13.9. The van der Waals surface area contributed by atoms with Crippen LogP contribution in [0.4, 0.5) is 23.2 Å². The SMILES string of the molecule is O=C(N[C@H]1CC[C@@]2(CCCN(c3cc(F)c(F)cc3Cl)C2=O)CC1)c1[nH]cnc1C(=O)N1CC(OC(F)F)C1. The number of nitrogens with one attached hydrogen (secondary N) is 2. The molecule has 1 saturated carbocycles. The molecule has 39 heavy (non-hydrogen) atoms. The fraction of sp³-hybridized carbons (Fsp3) is 0.520. The zero-order chi connectivity index (χ0) is 27.9. The molecule has 210 valence electrons. The van der Waals surface area contributed by atoms with Crippen molar-refractivity contribution < 1.29 is 36.7 Å². The molecule has 2 aromatic rings. The Labute approximate surface area is 225 Å². The van der Waals surface area contributed by atoms with Crippen LogP contribution in [-0.2, 0) is 9.53 Å². The van der Waals surface area contributed by atoms with Crippen LogP contribution < -0.4 is 10.2 Å². The van der Waals surface area contributed by atoms with Crippen LogP contribution in [0.25, 0.3) is 0 Å². The van der Waals surface area contributed by atoms with E-state index in [9.17, 15) is 31.9 Å². The van der Waals surface area contributed by atoms with Crippen molar-refractivity contribution in [2.75, 3.05) is 24.5 Å². The summed E-state index contributed by atoms with van der Waals surface area (Å²) < 4.78 is 56.5. The van der Waals surface area contributed by atoms with Crippen LogP contribution in [-0.4, -0.2) is 71.0 Å². The standard InChI is InChI=1S/C25H26ClF4N5O4/c26-15-8-16(27)17(28)9-18(15)35-7-1-4-25(23(35)38)5-2-13(3-6-25)33-21(36)19-20(32-12-31-19)22(37)34-10-14(11-34)39-24(29)30/h8-9,12-14,24H,1-7,10-11H2,(H,31,32)(H,33,36)/t13-,25-. The molecule has 1 spiro atoms. The second kappa shape index (κ2) is 10.8. The molecule has 0 unspecified atom stereocenters. The predicted molar refractivity (Wildman–Crippen MR) is 130 cm³/mol. The maximum Gasteiger partial charge on any atom is 0.345 e. The van der Waals surface area contributed by atoms with E-state index >= 15 is 0 Å². The van der Waals surface area contributed by atoms with Crippen molar-refractivity contribution in [3.05, 3.63) is 46.5 Å². The number of piperidine rings is 1. The molecule has 0 atom stereocenters. The van der Waals surface area contributed by atoms with Crippen LogP contribution >= 0.6 is 11.6 Å². The zero-order valence-electron chi connectivity index (χ0n) is 20.7. The summed E-state index contributed by atoms with van der Waals surface area (Å²) in [6.07, 6.45) is 3.68. The van der Waals surface area contributed by atoms with Gasteiger partial charge in [0.05, 0.1) is 23.1 Å². The molecule has 2 saturated heterocycles. The van der Waals surface area contributed by atoms with Gasteiger partial charge in [0.15, 0.2) is 17.3 Å². The number of alkyl halides is 2. The minimum absolute atomic E-state index is 0.0252. The number of rotatable bonds is 6. The highest BCUT2D eigenvalue weighted by molar-refractivity contribution is 6.33. The maximum atomic E-state index is 13.9. The van der Waals surface area contributed by atoms with E-state index in [2.05, 4.69) is 20.0 Å². The van der Waals surface area contributed by atoms with Crippen molar-refractivity contribution in [3.63, 3.8) is 0 Å². The van der Waals surface area contributed by atoms with Crippen molar-refractivity contribution in [2.24, 2.45) is 5.41 Å². The van der Waals surface area contributed by atoms with Gasteiger partial charge in [0.1, 0.15) is 5.69 Å². The van der Waals surface area contributed by atoms with Crippen LogP contribution in [0, 0.1) is 17.0 Å². The molecule has 3 aliphatic rings. The largest absolute Gasteiger partial charge is 0.348 e. The molecule has 0 radical (unpaired) electrons. The van der Waals surface area contributed by atoms with E-state index in [1.54, 1.807) is 0 Å². The predicted octanol–water partition coefficient (Wildman–Crippen LogP) is 3.89. The van der Waals surface area contributed by atoms with Gasteiger partial charge < -0.3 is 24.8 Å². The fourth-order valence-electron chi connectivity index (χ4n) is 5.67. The molecular weight excluding hydrogens is 546 g/mol. The molecule has 2 N–H and O–H groups in total. The van der Waals surface area contributed by atoms with Crippen molar-refractivity contribution in [1.29, 1.82) is 0 Å². The highest BCUT2D eigenvalue weighted by Gasteiger charge is 2.47. The first-order valence-electron chi connectivity index (χ1n) is 12.6. The number of imidazole rings is 1. The number of hydrogen-bond donors (Lipinski definition) is 2. The van der Waals surface area contributed by atoms with Gasteiger partial charge in [-0.05, 0) is 44.6 Å². The number of aromatic nitrogens is 2. The third-order valence-corrected chi connectivity index (χ3v) is 8.10. The number of ether oxygens (including phenoxy) is 1. The lowest BCUT2D eigenvalue weighted by Crippen LogP contribution is -2.55. The van der Waals surface area contributed by atoms with Crippen LogP contribution in [0.2, 0.25) is 5.02 Å². The van der Waals surface area contributed by atoms with Gasteiger partial charge in [0.25, 0.3) is 11.8 Å². The summed E-state index contributed by atoms with van der Waals surface area (Å²) in [5, 5.41) is 2.85. The second-order valence-electron chi connectivity index (χ2n) is 10.2. The molecule has 9 nitrogen and oxygen atoms in total. The van der Waals surface area contributed by atoms with Gasteiger partial charge in [-0.2, -0.15) is 8.78 Å². The van der Waals surface area contributed by atoms with Crippen molar-refractivity contribution in [2.45, 2.75) is 57.3 Å². The highest BCUT2D eigenvalue weighted by atomic mass is 35.5. The lowest BCUT2D eigenvalue weighted by Gasteiger charge is -2.45. The molecule has 14 heteroatoms. The van der Waals surface area contributed by atoms with Crippen LogP contribution in [0.1, 0.15) is 59.5 Å². The van der Waals surface area contributed by atoms with Crippen LogP contribution in [0.15, 0.2) is 18.5 Å². The minimum Gasteiger partial charge on any atom is -0.348 e. The Morgan fingerprint density at radius 1 is 1.15 bits per heavy atom. The minimum atomic E-state index is -2.93. The summed E-state index contributed by atoms with van der Waals surface area (Å²) in [6, 6.07) is 1.53. The second-order valence-corrected chi connectivity index (χ2v) is 10.6. The van der Waals surface area contributed by atoms with E-state index < -0.39 is 41.6 Å². The highest BCUT2D eigenvalue weighted by Crippen LogP contribution is 2.46. The number of likely N-dealkylation sites (tertiary alicyclic amines) is 1. The molecule has 5 rings (SSSR count). The van der Waals surface area contributed by atoms with Gasteiger partial charge in [-0.15, -0.1) is 0 Å². The van der Waals surface area contributed by atoms with E-state index in [4.69, 9.17) is 11.6 Å². The molecule has 1 aromatic heterocycles. The third-order valence-electron chi connectivity index (χ3n) is 7.79. The Morgan fingerprint density at radius 3 is 2.54 bits per heavy atom. The van der Waals surface area contributed by atoms with E-state index in [1.165, 1.54) is 16.1 Å². The monoisotopic (exact) mass is 571 g/mol. The topological polar surface area (TPSA) is 108 Å². The molecule has 3 amide bonds. The number of H-pyrrole nitrogens is 1. The number of amides is 3. The van der Waals surface area contributed by atoms with Gasteiger partial charge in [-0.1, -0.05) is 11.6 Å². The summed E-state index contributed by atoms with van der Waals surface area (Å²) in [5.41, 5.74) is -0.707. The van der Waals surface area contributed by atoms with Crippen molar-refractivity contribution in [3.8, 4) is 0 Å². The Morgan fingerprint density at radius 2 is 1.85 bits per heavy atom. The molecule has 3 heterocycles. The number of benzene rings is 1. The van der Waals surface area contributed by atoms with Crippen molar-refractivity contribution in [1.82, 2.24) is 20.2 Å². The molecule has 1 aliphatic carbocycles. The Bertz CT molecular complexity index is 1280. The van der Waals surface area contributed by atoms with Gasteiger partial charge >= 0.3 is 6.61 Å². The number of carbonyl (C=O) groups is 3. The van der Waals surface area contributed by atoms with Gasteiger partial charge in [0.2, 0.25) is 5.91 Å². The zero-order valence-corrected chi connectivity index (χ0v) is 21.4. The molecule has 0 bridgehead atoms. The molecular formula is C25H26ClF4N5O4. The summed E-state index contributed by atoms with van der Waals surface area (Å²) in [5.74, 6) is -3.47. The lowest BCUT2D eigenvalue weighted by atomic mass is 9.67. The molecule has 1 aromatic carbocycles. The Kier molecular flexibility index (Phi) is 7.55. The van der Waals surface area contributed by atoms with E-state index in [0.717, 1.165) is 12.1 Å². The average Bonchev–Trinajstić information content (AvgIpc) is 3.37. The Hall–Kier alpha value is -3.19. The first-order chi connectivity index (χ1) is 18.6. The summed E-state index contributed by atoms with van der Waals surface area (Å²) in [4.78, 5) is 48.5. The van der Waals surface area contributed by atoms with Gasteiger partial charge in [-0.25, -0.2) is 13.8 Å². The number of halogens is 5. The summed E-state index contributed by atoms with van der Waals surface area (Å²) in [7, 11) is 0. The molecule has 3 fully saturated rings. The third kappa shape index (κ3) is 5.33. The molecule has 2 aliphatic heterocycles.